The molecule has 0 aliphatic carbocycles. The van der Waals surface area contributed by atoms with E-state index in [1.807, 2.05) is 13.8 Å². The minimum absolute atomic E-state index is 0.0208. The smallest absolute Gasteiger partial charge is 0.163 e. The molecule has 1 aromatic carbocycles. The number of rotatable bonds is 6. The molecule has 1 aliphatic rings. The van der Waals surface area contributed by atoms with Crippen molar-refractivity contribution in [3.8, 4) is 11.5 Å². The quantitative estimate of drug-likeness (QED) is 0.876. The van der Waals surface area contributed by atoms with Gasteiger partial charge in [0.05, 0.1) is 32.5 Å². The minimum Gasteiger partial charge on any atom is -0.493 e. The second kappa shape index (κ2) is 7.09. The molecule has 0 aromatic heterocycles. The molecule has 118 valence electrons. The Hall–Kier alpha value is -1.33. The summed E-state index contributed by atoms with van der Waals surface area (Å²) in [6, 6.07) is 2.89. The predicted molar refractivity (Wildman–Crippen MR) is 79.5 cm³/mol. The van der Waals surface area contributed by atoms with Gasteiger partial charge in [-0.2, -0.15) is 0 Å². The fourth-order valence-electron chi connectivity index (χ4n) is 2.85. The van der Waals surface area contributed by atoms with Crippen molar-refractivity contribution in [2.24, 2.45) is 0 Å². The zero-order chi connectivity index (χ0) is 15.4. The van der Waals surface area contributed by atoms with Crippen molar-refractivity contribution in [1.82, 2.24) is 5.32 Å². The van der Waals surface area contributed by atoms with Gasteiger partial charge in [-0.3, -0.25) is 0 Å². The van der Waals surface area contributed by atoms with Crippen molar-refractivity contribution in [3.05, 3.63) is 23.5 Å². The molecular formula is C16H24FNO3. The number of nitrogens with one attached hydrogen (secondary N) is 1. The van der Waals surface area contributed by atoms with Crippen molar-refractivity contribution in [1.29, 1.82) is 0 Å². The second-order valence-corrected chi connectivity index (χ2v) is 5.33. The molecule has 1 aliphatic heterocycles. The Labute approximate surface area is 125 Å². The van der Waals surface area contributed by atoms with Crippen LogP contribution in [0.1, 0.15) is 38.3 Å². The van der Waals surface area contributed by atoms with Crippen LogP contribution in [-0.2, 0) is 4.74 Å². The Bertz CT molecular complexity index is 481. The third-order valence-electron chi connectivity index (χ3n) is 3.90. The van der Waals surface area contributed by atoms with Gasteiger partial charge in [-0.05, 0) is 32.4 Å². The second-order valence-electron chi connectivity index (χ2n) is 5.33. The third-order valence-corrected chi connectivity index (χ3v) is 3.90. The maximum Gasteiger partial charge on any atom is 0.163 e. The van der Waals surface area contributed by atoms with Gasteiger partial charge in [0.25, 0.3) is 0 Å². The Kier molecular flexibility index (Phi) is 5.42. The van der Waals surface area contributed by atoms with Crippen LogP contribution in [0.4, 0.5) is 4.39 Å². The molecule has 1 saturated heterocycles. The van der Waals surface area contributed by atoms with E-state index in [1.165, 1.54) is 13.2 Å². The van der Waals surface area contributed by atoms with Crippen LogP contribution in [0.3, 0.4) is 0 Å². The topological polar surface area (TPSA) is 39.7 Å². The maximum atomic E-state index is 14.4. The highest BCUT2D eigenvalue weighted by Crippen LogP contribution is 2.36. The first-order valence-electron chi connectivity index (χ1n) is 7.41. The molecule has 0 amide bonds. The lowest BCUT2D eigenvalue weighted by atomic mass is 9.98. The summed E-state index contributed by atoms with van der Waals surface area (Å²) in [5.41, 5.74) is 0.564. The van der Waals surface area contributed by atoms with Gasteiger partial charge in [0.2, 0.25) is 0 Å². The summed E-state index contributed by atoms with van der Waals surface area (Å²) in [5.74, 6) is 0.624. The van der Waals surface area contributed by atoms with Crippen LogP contribution in [0.25, 0.3) is 0 Å². The number of halogens is 1. The van der Waals surface area contributed by atoms with E-state index in [1.54, 1.807) is 13.2 Å². The van der Waals surface area contributed by atoms with Crippen molar-refractivity contribution >= 4 is 0 Å². The molecule has 0 spiro atoms. The fraction of sp³-hybridized carbons (Fsp3) is 0.625. The molecule has 21 heavy (non-hydrogen) atoms. The van der Waals surface area contributed by atoms with E-state index in [2.05, 4.69) is 5.32 Å². The lowest BCUT2D eigenvalue weighted by molar-refractivity contribution is 0.0311. The first-order valence-corrected chi connectivity index (χ1v) is 7.41. The van der Waals surface area contributed by atoms with Gasteiger partial charge in [-0.25, -0.2) is 4.39 Å². The largest absolute Gasteiger partial charge is 0.493 e. The number of benzene rings is 1. The van der Waals surface area contributed by atoms with Crippen molar-refractivity contribution in [2.45, 2.75) is 44.9 Å². The monoisotopic (exact) mass is 297 g/mol. The summed E-state index contributed by atoms with van der Waals surface area (Å²) in [6.45, 7) is 4.80. The van der Waals surface area contributed by atoms with E-state index in [0.717, 1.165) is 19.4 Å². The van der Waals surface area contributed by atoms with Gasteiger partial charge in [0.1, 0.15) is 5.82 Å². The maximum absolute atomic E-state index is 14.4. The van der Waals surface area contributed by atoms with Crippen molar-refractivity contribution in [3.63, 3.8) is 0 Å². The average molecular weight is 297 g/mol. The molecular weight excluding hydrogens is 273 g/mol. The van der Waals surface area contributed by atoms with Gasteiger partial charge in [-0.1, -0.05) is 6.92 Å². The van der Waals surface area contributed by atoms with E-state index in [9.17, 15) is 4.39 Å². The Morgan fingerprint density at radius 2 is 1.95 bits per heavy atom. The van der Waals surface area contributed by atoms with Crippen LogP contribution in [0.2, 0.25) is 0 Å². The number of methoxy groups -OCH3 is 2. The SMILES string of the molecule is CCNC(c1cc(OC)c(OC)cc1F)C1CCC(C)O1. The van der Waals surface area contributed by atoms with Crippen molar-refractivity contribution in [2.75, 3.05) is 20.8 Å². The van der Waals surface area contributed by atoms with Crippen LogP contribution >= 0.6 is 0 Å². The number of hydrogen-bond acceptors (Lipinski definition) is 4. The van der Waals surface area contributed by atoms with Gasteiger partial charge in [-0.15, -0.1) is 0 Å². The fourth-order valence-corrected chi connectivity index (χ4v) is 2.85. The predicted octanol–water partition coefficient (Wildman–Crippen LogP) is 3.06. The molecule has 1 aromatic rings. The standard InChI is InChI=1S/C16H24FNO3/c1-5-18-16(13-7-6-10(2)21-13)11-8-14(19-3)15(20-4)9-12(11)17/h8-10,13,16,18H,5-7H2,1-4H3. The normalized spacial score (nSPS) is 23.1. The van der Waals surface area contributed by atoms with E-state index >= 15 is 0 Å². The van der Waals surface area contributed by atoms with Gasteiger partial charge >= 0.3 is 0 Å². The van der Waals surface area contributed by atoms with Crippen molar-refractivity contribution < 1.29 is 18.6 Å². The van der Waals surface area contributed by atoms with Crippen LogP contribution in [0, 0.1) is 5.82 Å². The molecule has 1 N–H and O–H groups in total. The van der Waals surface area contributed by atoms with Crippen LogP contribution in [0.15, 0.2) is 12.1 Å². The molecule has 0 saturated carbocycles. The lowest BCUT2D eigenvalue weighted by Gasteiger charge is -2.26. The minimum atomic E-state index is -0.304. The molecule has 1 heterocycles. The molecule has 2 rings (SSSR count). The zero-order valence-corrected chi connectivity index (χ0v) is 13.1. The van der Waals surface area contributed by atoms with Gasteiger partial charge < -0.3 is 19.5 Å². The number of likely N-dealkylation sites (N-methyl/N-ethyl adjacent to an activating group) is 1. The van der Waals surface area contributed by atoms with Gasteiger partial charge in [0, 0.05) is 11.6 Å². The van der Waals surface area contributed by atoms with E-state index in [-0.39, 0.29) is 24.1 Å². The Morgan fingerprint density at radius 1 is 1.29 bits per heavy atom. The summed E-state index contributed by atoms with van der Waals surface area (Å²) in [5, 5.41) is 3.33. The first kappa shape index (κ1) is 16.0. The lowest BCUT2D eigenvalue weighted by Crippen LogP contribution is -2.32. The number of ether oxygens (including phenoxy) is 3. The highest BCUT2D eigenvalue weighted by molar-refractivity contribution is 5.45. The zero-order valence-electron chi connectivity index (χ0n) is 13.1. The highest BCUT2D eigenvalue weighted by atomic mass is 19.1. The average Bonchev–Trinajstić information content (AvgIpc) is 2.91. The van der Waals surface area contributed by atoms with E-state index < -0.39 is 0 Å². The number of hydrogen-bond donors (Lipinski definition) is 1. The molecule has 3 unspecified atom stereocenters. The van der Waals surface area contributed by atoms with Gasteiger partial charge in [0.15, 0.2) is 11.5 Å². The molecule has 5 heteroatoms. The van der Waals surface area contributed by atoms with E-state index in [4.69, 9.17) is 14.2 Å². The van der Waals surface area contributed by atoms with Crippen LogP contribution in [0.5, 0.6) is 11.5 Å². The summed E-state index contributed by atoms with van der Waals surface area (Å²) in [7, 11) is 3.05. The van der Waals surface area contributed by atoms with Crippen LogP contribution < -0.4 is 14.8 Å². The summed E-state index contributed by atoms with van der Waals surface area (Å²) < 4.78 is 30.8. The summed E-state index contributed by atoms with van der Waals surface area (Å²) >= 11 is 0. The Balaban J connectivity index is 2.35. The van der Waals surface area contributed by atoms with E-state index in [0.29, 0.717) is 17.1 Å². The Morgan fingerprint density at radius 3 is 2.48 bits per heavy atom. The molecule has 0 radical (unpaired) electrons. The molecule has 3 atom stereocenters. The molecule has 0 bridgehead atoms. The summed E-state index contributed by atoms with van der Waals surface area (Å²) in [4.78, 5) is 0. The molecule has 4 nitrogen and oxygen atoms in total. The third kappa shape index (κ3) is 3.47. The first-order chi connectivity index (χ1) is 10.1. The van der Waals surface area contributed by atoms with Crippen LogP contribution in [-0.4, -0.2) is 33.0 Å². The molecule has 1 fully saturated rings. The summed E-state index contributed by atoms with van der Waals surface area (Å²) in [6.07, 6.45) is 2.13. The highest BCUT2D eigenvalue weighted by Gasteiger charge is 2.32.